The SMILES string of the molecule is CCCCCCCCCCCCCCCCCCC(=O)OC[C@@H](COC(=O)CCCCCCCCCCCCCCCC(C)C)OC(=O)CCCCCCCCCCCCCCC(C)C. The zero-order valence-corrected chi connectivity index (χ0v) is 44.6. The van der Waals surface area contributed by atoms with Crippen molar-refractivity contribution in [3.63, 3.8) is 0 Å². The molecule has 0 unspecified atom stereocenters. The van der Waals surface area contributed by atoms with Crippen LogP contribution in [0.1, 0.15) is 330 Å². The van der Waals surface area contributed by atoms with Crippen molar-refractivity contribution in [1.29, 1.82) is 0 Å². The highest BCUT2D eigenvalue weighted by Crippen LogP contribution is 2.18. The summed E-state index contributed by atoms with van der Waals surface area (Å²) in [6, 6.07) is 0. The number of carbonyl (C=O) groups is 3. The van der Waals surface area contributed by atoms with E-state index in [4.69, 9.17) is 14.2 Å². The van der Waals surface area contributed by atoms with Gasteiger partial charge >= 0.3 is 17.9 Å². The predicted molar refractivity (Wildman–Crippen MR) is 280 cm³/mol. The molecule has 0 aliphatic rings. The molecule has 0 aromatic carbocycles. The highest BCUT2D eigenvalue weighted by atomic mass is 16.6. The maximum atomic E-state index is 12.8. The fourth-order valence-electron chi connectivity index (χ4n) is 9.05. The lowest BCUT2D eigenvalue weighted by atomic mass is 10.0. The van der Waals surface area contributed by atoms with Gasteiger partial charge in [-0.1, -0.05) is 291 Å². The van der Waals surface area contributed by atoms with Crippen LogP contribution in [0.4, 0.5) is 0 Å². The number of carbonyl (C=O) groups excluding carboxylic acids is 3. The Morgan fingerprint density at radius 2 is 0.508 bits per heavy atom. The van der Waals surface area contributed by atoms with E-state index in [0.29, 0.717) is 19.3 Å². The lowest BCUT2D eigenvalue weighted by Crippen LogP contribution is -2.30. The van der Waals surface area contributed by atoms with Crippen LogP contribution in [0, 0.1) is 11.8 Å². The molecular weight excluding hydrogens is 805 g/mol. The molecule has 0 heterocycles. The molecular formula is C59H114O6. The molecule has 6 heteroatoms. The highest BCUT2D eigenvalue weighted by Gasteiger charge is 2.19. The van der Waals surface area contributed by atoms with Crippen LogP contribution in [0.3, 0.4) is 0 Å². The zero-order chi connectivity index (χ0) is 47.5. The summed E-state index contributed by atoms with van der Waals surface area (Å²) in [6.45, 7) is 11.4. The predicted octanol–water partition coefficient (Wildman–Crippen LogP) is 19.3. The molecule has 65 heavy (non-hydrogen) atoms. The number of esters is 3. The molecule has 0 fully saturated rings. The van der Waals surface area contributed by atoms with Crippen molar-refractivity contribution in [2.75, 3.05) is 13.2 Å². The van der Waals surface area contributed by atoms with E-state index in [0.717, 1.165) is 69.6 Å². The van der Waals surface area contributed by atoms with Gasteiger partial charge in [0.2, 0.25) is 0 Å². The number of unbranched alkanes of at least 4 members (excludes halogenated alkanes) is 38. The van der Waals surface area contributed by atoms with Crippen molar-refractivity contribution < 1.29 is 28.6 Å². The summed E-state index contributed by atoms with van der Waals surface area (Å²) >= 11 is 0. The van der Waals surface area contributed by atoms with E-state index in [9.17, 15) is 14.4 Å². The maximum absolute atomic E-state index is 12.8. The molecule has 0 rings (SSSR count). The average Bonchev–Trinajstić information content (AvgIpc) is 3.28. The third-order valence-electron chi connectivity index (χ3n) is 13.5. The van der Waals surface area contributed by atoms with E-state index in [2.05, 4.69) is 34.6 Å². The Morgan fingerprint density at radius 1 is 0.292 bits per heavy atom. The summed E-state index contributed by atoms with van der Waals surface area (Å²) in [5.74, 6) is 0.834. The van der Waals surface area contributed by atoms with Crippen LogP contribution in [0.15, 0.2) is 0 Å². The van der Waals surface area contributed by atoms with E-state index in [1.54, 1.807) is 0 Å². The molecule has 0 radical (unpaired) electrons. The Kier molecular flexibility index (Phi) is 50.5. The second kappa shape index (κ2) is 51.8. The van der Waals surface area contributed by atoms with Gasteiger partial charge < -0.3 is 14.2 Å². The van der Waals surface area contributed by atoms with Crippen molar-refractivity contribution in [1.82, 2.24) is 0 Å². The number of hydrogen-bond donors (Lipinski definition) is 0. The maximum Gasteiger partial charge on any atom is 0.306 e. The van der Waals surface area contributed by atoms with Crippen molar-refractivity contribution in [2.24, 2.45) is 11.8 Å². The van der Waals surface area contributed by atoms with Crippen LogP contribution in [-0.2, 0) is 28.6 Å². The summed E-state index contributed by atoms with van der Waals surface area (Å²) < 4.78 is 16.9. The number of hydrogen-bond acceptors (Lipinski definition) is 6. The second-order valence-corrected chi connectivity index (χ2v) is 21.2. The molecule has 0 spiro atoms. The number of rotatable bonds is 53. The molecule has 0 aromatic rings. The van der Waals surface area contributed by atoms with E-state index in [1.807, 2.05) is 0 Å². The lowest BCUT2D eigenvalue weighted by Gasteiger charge is -2.18. The van der Waals surface area contributed by atoms with Crippen LogP contribution in [0.25, 0.3) is 0 Å². The first kappa shape index (κ1) is 63.4. The molecule has 0 N–H and O–H groups in total. The Balaban J connectivity index is 4.30. The topological polar surface area (TPSA) is 78.9 Å². The van der Waals surface area contributed by atoms with Gasteiger partial charge in [0, 0.05) is 19.3 Å². The van der Waals surface area contributed by atoms with Gasteiger partial charge in [0.25, 0.3) is 0 Å². The monoisotopic (exact) mass is 919 g/mol. The normalized spacial score (nSPS) is 12.0. The first-order chi connectivity index (χ1) is 31.7. The van der Waals surface area contributed by atoms with E-state index in [1.165, 1.54) is 218 Å². The minimum absolute atomic E-state index is 0.0625. The molecule has 0 amide bonds. The van der Waals surface area contributed by atoms with Gasteiger partial charge in [0.15, 0.2) is 6.10 Å². The highest BCUT2D eigenvalue weighted by molar-refractivity contribution is 5.71. The first-order valence-electron chi connectivity index (χ1n) is 29.2. The number of ether oxygens (including phenoxy) is 3. The van der Waals surface area contributed by atoms with Gasteiger partial charge in [0.1, 0.15) is 13.2 Å². The summed E-state index contributed by atoms with van der Waals surface area (Å²) in [4.78, 5) is 38.2. The Morgan fingerprint density at radius 3 is 0.754 bits per heavy atom. The molecule has 0 saturated heterocycles. The average molecular weight is 920 g/mol. The summed E-state index contributed by atoms with van der Waals surface area (Å²) in [5, 5.41) is 0. The van der Waals surface area contributed by atoms with Crippen LogP contribution in [0.5, 0.6) is 0 Å². The lowest BCUT2D eigenvalue weighted by molar-refractivity contribution is -0.167. The van der Waals surface area contributed by atoms with E-state index >= 15 is 0 Å². The fourth-order valence-corrected chi connectivity index (χ4v) is 9.05. The molecule has 0 bridgehead atoms. The Hall–Kier alpha value is -1.59. The summed E-state index contributed by atoms with van der Waals surface area (Å²) in [6.07, 6.45) is 55.2. The molecule has 1 atom stereocenters. The van der Waals surface area contributed by atoms with Gasteiger partial charge in [-0.15, -0.1) is 0 Å². The van der Waals surface area contributed by atoms with Crippen molar-refractivity contribution in [2.45, 2.75) is 336 Å². The first-order valence-corrected chi connectivity index (χ1v) is 29.2. The molecule has 0 aliphatic carbocycles. The Bertz CT molecular complexity index is 993. The van der Waals surface area contributed by atoms with Crippen LogP contribution in [-0.4, -0.2) is 37.2 Å². The third-order valence-corrected chi connectivity index (χ3v) is 13.5. The second-order valence-electron chi connectivity index (χ2n) is 21.2. The minimum Gasteiger partial charge on any atom is -0.462 e. The Labute approximate surface area is 406 Å². The third kappa shape index (κ3) is 53.2. The summed E-state index contributed by atoms with van der Waals surface area (Å²) in [5.41, 5.74) is 0. The van der Waals surface area contributed by atoms with Gasteiger partial charge in [-0.05, 0) is 31.1 Å². The van der Waals surface area contributed by atoms with Crippen molar-refractivity contribution >= 4 is 17.9 Å². The smallest absolute Gasteiger partial charge is 0.306 e. The standard InChI is InChI=1S/C59H114O6/c1-6-7-8-9-10-11-12-13-14-15-18-24-29-34-39-44-49-57(60)63-52-56(65-59(62)51-46-41-36-31-26-21-20-23-28-33-38-43-48-55(4)5)53-64-58(61)50-45-40-35-30-25-19-16-17-22-27-32-37-42-47-54(2)3/h54-56H,6-53H2,1-5H3/t56-/m0/s1. The van der Waals surface area contributed by atoms with Crippen LogP contribution in [0.2, 0.25) is 0 Å². The molecule has 6 nitrogen and oxygen atoms in total. The molecule has 0 aromatic heterocycles. The van der Waals surface area contributed by atoms with Crippen molar-refractivity contribution in [3.05, 3.63) is 0 Å². The van der Waals surface area contributed by atoms with Crippen molar-refractivity contribution in [3.8, 4) is 0 Å². The molecule has 0 aliphatic heterocycles. The van der Waals surface area contributed by atoms with Gasteiger partial charge in [0.05, 0.1) is 0 Å². The van der Waals surface area contributed by atoms with Gasteiger partial charge in [-0.3, -0.25) is 14.4 Å². The van der Waals surface area contributed by atoms with Crippen LogP contribution < -0.4 is 0 Å². The van der Waals surface area contributed by atoms with E-state index < -0.39 is 6.10 Å². The van der Waals surface area contributed by atoms with Crippen LogP contribution >= 0.6 is 0 Å². The summed E-state index contributed by atoms with van der Waals surface area (Å²) in [7, 11) is 0. The van der Waals surface area contributed by atoms with E-state index in [-0.39, 0.29) is 31.1 Å². The van der Waals surface area contributed by atoms with Gasteiger partial charge in [-0.2, -0.15) is 0 Å². The quantitative estimate of drug-likeness (QED) is 0.0344. The van der Waals surface area contributed by atoms with Gasteiger partial charge in [-0.25, -0.2) is 0 Å². The fraction of sp³-hybridized carbons (Fsp3) is 0.949. The molecule has 386 valence electrons. The largest absolute Gasteiger partial charge is 0.462 e. The zero-order valence-electron chi connectivity index (χ0n) is 44.6. The minimum atomic E-state index is -0.763. The molecule has 0 saturated carbocycles.